The molecule has 2 aromatic carbocycles. The highest BCUT2D eigenvalue weighted by molar-refractivity contribution is 7.91. The fraction of sp³-hybridized carbons (Fsp3) is 0.0625. The molecule has 0 spiro atoms. The third-order valence-corrected chi connectivity index (χ3v) is 4.21. The SMILES string of the molecule is O=C(O)c1cccc(S(=O)(=O)CC#Cc2ccccc2)c1. The summed E-state index contributed by atoms with van der Waals surface area (Å²) >= 11 is 0. The number of benzene rings is 2. The van der Waals surface area contributed by atoms with Crippen molar-refractivity contribution in [3.63, 3.8) is 0 Å². The van der Waals surface area contributed by atoms with Crippen LogP contribution in [0.4, 0.5) is 0 Å². The van der Waals surface area contributed by atoms with Gasteiger partial charge in [-0.15, -0.1) is 0 Å². The molecule has 0 aliphatic heterocycles. The van der Waals surface area contributed by atoms with Gasteiger partial charge in [-0.3, -0.25) is 0 Å². The van der Waals surface area contributed by atoms with E-state index in [9.17, 15) is 13.2 Å². The number of aromatic carboxylic acids is 1. The van der Waals surface area contributed by atoms with Crippen LogP contribution in [0.15, 0.2) is 59.5 Å². The van der Waals surface area contributed by atoms with E-state index in [1.165, 1.54) is 18.2 Å². The Labute approximate surface area is 123 Å². The van der Waals surface area contributed by atoms with Crippen LogP contribution in [-0.4, -0.2) is 25.2 Å². The van der Waals surface area contributed by atoms with Gasteiger partial charge in [-0.25, -0.2) is 13.2 Å². The van der Waals surface area contributed by atoms with Crippen LogP contribution in [0.25, 0.3) is 0 Å². The number of rotatable bonds is 3. The summed E-state index contributed by atoms with van der Waals surface area (Å²) in [4.78, 5) is 10.8. The molecular weight excluding hydrogens is 288 g/mol. The molecule has 2 aromatic rings. The van der Waals surface area contributed by atoms with Crippen LogP contribution in [0.1, 0.15) is 15.9 Å². The quantitative estimate of drug-likeness (QED) is 0.882. The molecule has 0 aliphatic rings. The maximum atomic E-state index is 12.1. The number of hydrogen-bond donors (Lipinski definition) is 1. The van der Waals surface area contributed by atoms with Crippen molar-refractivity contribution in [3.8, 4) is 11.8 Å². The van der Waals surface area contributed by atoms with Gasteiger partial charge in [0.2, 0.25) is 0 Å². The van der Waals surface area contributed by atoms with Crippen molar-refractivity contribution >= 4 is 15.8 Å². The lowest BCUT2D eigenvalue weighted by atomic mass is 10.2. The van der Waals surface area contributed by atoms with E-state index in [1.54, 1.807) is 12.1 Å². The first kappa shape index (κ1) is 14.8. The van der Waals surface area contributed by atoms with Crippen LogP contribution in [0, 0.1) is 11.8 Å². The fourth-order valence-corrected chi connectivity index (χ4v) is 2.68. The molecule has 5 heteroatoms. The Balaban J connectivity index is 2.22. The van der Waals surface area contributed by atoms with Gasteiger partial charge in [0.15, 0.2) is 9.84 Å². The van der Waals surface area contributed by atoms with E-state index < -0.39 is 15.8 Å². The summed E-state index contributed by atoms with van der Waals surface area (Å²) < 4.78 is 24.2. The first-order valence-electron chi connectivity index (χ1n) is 6.09. The van der Waals surface area contributed by atoms with E-state index in [0.717, 1.165) is 11.6 Å². The Morgan fingerprint density at radius 3 is 2.43 bits per heavy atom. The number of carboxylic acids is 1. The van der Waals surface area contributed by atoms with Crippen molar-refractivity contribution in [1.29, 1.82) is 0 Å². The predicted molar refractivity (Wildman–Crippen MR) is 78.8 cm³/mol. The minimum Gasteiger partial charge on any atom is -0.478 e. The molecule has 1 N–H and O–H groups in total. The zero-order chi connectivity index (χ0) is 15.3. The van der Waals surface area contributed by atoms with Crippen LogP contribution in [0.5, 0.6) is 0 Å². The topological polar surface area (TPSA) is 71.4 Å². The summed E-state index contributed by atoms with van der Waals surface area (Å²) in [5, 5.41) is 8.88. The highest BCUT2D eigenvalue weighted by Gasteiger charge is 2.14. The van der Waals surface area contributed by atoms with Crippen LogP contribution < -0.4 is 0 Å². The largest absolute Gasteiger partial charge is 0.478 e. The van der Waals surface area contributed by atoms with Gasteiger partial charge in [0.1, 0.15) is 5.75 Å². The van der Waals surface area contributed by atoms with Crippen LogP contribution in [-0.2, 0) is 9.84 Å². The standard InChI is InChI=1S/C16H12O4S/c17-16(18)14-9-4-10-15(12-14)21(19,20)11-5-8-13-6-2-1-3-7-13/h1-4,6-7,9-10,12H,11H2,(H,17,18). The second-order valence-electron chi connectivity index (χ2n) is 4.26. The van der Waals surface area contributed by atoms with E-state index >= 15 is 0 Å². The number of carboxylic acid groups (broad SMARTS) is 1. The molecule has 0 radical (unpaired) electrons. The van der Waals surface area contributed by atoms with Crippen LogP contribution >= 0.6 is 0 Å². The summed E-state index contributed by atoms with van der Waals surface area (Å²) in [5.41, 5.74) is 0.666. The van der Waals surface area contributed by atoms with Crippen molar-refractivity contribution in [2.24, 2.45) is 0 Å². The zero-order valence-corrected chi connectivity index (χ0v) is 11.8. The van der Waals surface area contributed by atoms with Crippen LogP contribution in [0.2, 0.25) is 0 Å². The highest BCUT2D eigenvalue weighted by Crippen LogP contribution is 2.13. The van der Waals surface area contributed by atoms with E-state index in [-0.39, 0.29) is 16.2 Å². The monoisotopic (exact) mass is 300 g/mol. The number of sulfone groups is 1. The maximum Gasteiger partial charge on any atom is 0.335 e. The molecule has 2 rings (SSSR count). The van der Waals surface area contributed by atoms with Gasteiger partial charge < -0.3 is 5.11 Å². The minimum absolute atomic E-state index is 0.0373. The molecule has 0 atom stereocenters. The van der Waals surface area contributed by atoms with Gasteiger partial charge in [-0.1, -0.05) is 36.1 Å². The van der Waals surface area contributed by atoms with Crippen molar-refractivity contribution < 1.29 is 18.3 Å². The third-order valence-electron chi connectivity index (χ3n) is 2.71. The Hall–Kier alpha value is -2.58. The van der Waals surface area contributed by atoms with Gasteiger partial charge in [0.25, 0.3) is 0 Å². The first-order chi connectivity index (χ1) is 9.99. The molecule has 0 saturated heterocycles. The zero-order valence-electron chi connectivity index (χ0n) is 11.0. The molecule has 0 fully saturated rings. The number of carbonyl (C=O) groups is 1. The molecule has 0 heterocycles. The molecule has 0 unspecified atom stereocenters. The molecule has 4 nitrogen and oxygen atoms in total. The Morgan fingerprint density at radius 1 is 1.05 bits per heavy atom. The van der Waals surface area contributed by atoms with Crippen molar-refractivity contribution in [1.82, 2.24) is 0 Å². The van der Waals surface area contributed by atoms with E-state index in [1.807, 2.05) is 18.2 Å². The highest BCUT2D eigenvalue weighted by atomic mass is 32.2. The lowest BCUT2D eigenvalue weighted by Gasteiger charge is -2.01. The lowest BCUT2D eigenvalue weighted by Crippen LogP contribution is -2.07. The van der Waals surface area contributed by atoms with Gasteiger partial charge >= 0.3 is 5.97 Å². The first-order valence-corrected chi connectivity index (χ1v) is 7.74. The van der Waals surface area contributed by atoms with Crippen molar-refractivity contribution in [2.75, 3.05) is 5.75 Å². The van der Waals surface area contributed by atoms with Gasteiger partial charge in [-0.2, -0.15) is 0 Å². The Kier molecular flexibility index (Phi) is 4.41. The summed E-state index contributed by atoms with van der Waals surface area (Å²) in [6.45, 7) is 0. The molecule has 0 bridgehead atoms. The fourth-order valence-electron chi connectivity index (χ4n) is 1.66. The smallest absolute Gasteiger partial charge is 0.335 e. The molecule has 106 valence electrons. The average Bonchev–Trinajstić information content (AvgIpc) is 2.48. The van der Waals surface area contributed by atoms with E-state index in [2.05, 4.69) is 11.8 Å². The summed E-state index contributed by atoms with van der Waals surface area (Å²) in [6.07, 6.45) is 0. The molecule has 0 aromatic heterocycles. The normalized spacial score (nSPS) is 10.5. The van der Waals surface area contributed by atoms with Gasteiger partial charge in [-0.05, 0) is 30.3 Å². The minimum atomic E-state index is -3.62. The summed E-state index contributed by atoms with van der Waals surface area (Å²) in [5.74, 6) is 3.85. The molecule has 0 amide bonds. The van der Waals surface area contributed by atoms with Gasteiger partial charge in [0, 0.05) is 5.56 Å². The summed E-state index contributed by atoms with van der Waals surface area (Å²) in [7, 11) is -3.62. The Morgan fingerprint density at radius 2 is 1.76 bits per heavy atom. The third kappa shape index (κ3) is 3.94. The maximum absolute atomic E-state index is 12.1. The van der Waals surface area contributed by atoms with Crippen molar-refractivity contribution in [2.45, 2.75) is 4.90 Å². The van der Waals surface area contributed by atoms with Crippen molar-refractivity contribution in [3.05, 3.63) is 65.7 Å². The summed E-state index contributed by atoms with van der Waals surface area (Å²) in [6, 6.07) is 14.3. The average molecular weight is 300 g/mol. The molecule has 0 saturated carbocycles. The van der Waals surface area contributed by atoms with Gasteiger partial charge in [0.05, 0.1) is 10.5 Å². The Bertz CT molecular complexity index is 812. The number of hydrogen-bond acceptors (Lipinski definition) is 3. The molecule has 0 aliphatic carbocycles. The predicted octanol–water partition coefficient (Wildman–Crippen LogP) is 2.21. The second kappa shape index (κ2) is 6.25. The lowest BCUT2D eigenvalue weighted by molar-refractivity contribution is 0.0696. The van der Waals surface area contributed by atoms with E-state index in [0.29, 0.717) is 0 Å². The molecule has 21 heavy (non-hydrogen) atoms. The molecular formula is C16H12O4S. The van der Waals surface area contributed by atoms with Crippen LogP contribution in [0.3, 0.4) is 0 Å². The van der Waals surface area contributed by atoms with E-state index in [4.69, 9.17) is 5.11 Å². The second-order valence-corrected chi connectivity index (χ2v) is 6.25.